The van der Waals surface area contributed by atoms with Crippen molar-refractivity contribution in [3.63, 3.8) is 0 Å². The maximum Gasteiger partial charge on any atom is 0.0457 e. The number of aromatic nitrogens is 1. The van der Waals surface area contributed by atoms with E-state index in [0.717, 1.165) is 12.6 Å². The smallest absolute Gasteiger partial charge is 0.0457 e. The van der Waals surface area contributed by atoms with Gasteiger partial charge in [0.1, 0.15) is 0 Å². The molecule has 3 nitrogen and oxygen atoms in total. The van der Waals surface area contributed by atoms with Crippen molar-refractivity contribution in [3.05, 3.63) is 36.0 Å². The molecule has 1 aliphatic carbocycles. The minimum absolute atomic E-state index is 0.868. The highest BCUT2D eigenvalue weighted by molar-refractivity contribution is 5.82. The van der Waals surface area contributed by atoms with E-state index >= 15 is 0 Å². The summed E-state index contributed by atoms with van der Waals surface area (Å²) in [6, 6.07) is 9.52. The zero-order chi connectivity index (χ0) is 15.5. The molecule has 4 rings (SSSR count). The second-order valence-electron chi connectivity index (χ2n) is 7.32. The molecule has 0 unspecified atom stereocenters. The summed E-state index contributed by atoms with van der Waals surface area (Å²) in [4.78, 5) is 8.81. The molecule has 1 saturated carbocycles. The van der Waals surface area contributed by atoms with Gasteiger partial charge >= 0.3 is 0 Å². The Bertz CT molecular complexity index is 617. The lowest BCUT2D eigenvalue weighted by molar-refractivity contribution is 0.0853. The van der Waals surface area contributed by atoms with E-state index in [1.54, 1.807) is 0 Å². The Morgan fingerprint density at radius 2 is 1.65 bits per heavy atom. The van der Waals surface area contributed by atoms with Crippen molar-refractivity contribution in [2.45, 2.75) is 51.1 Å². The van der Waals surface area contributed by atoms with Crippen LogP contribution < -0.4 is 0 Å². The maximum atomic E-state index is 3.41. The summed E-state index contributed by atoms with van der Waals surface area (Å²) in [7, 11) is 0. The van der Waals surface area contributed by atoms with E-state index in [-0.39, 0.29) is 0 Å². The number of piperazine rings is 1. The van der Waals surface area contributed by atoms with Crippen LogP contribution in [0.4, 0.5) is 0 Å². The monoisotopic (exact) mass is 311 g/mol. The Morgan fingerprint density at radius 3 is 2.43 bits per heavy atom. The second kappa shape index (κ2) is 7.06. The number of rotatable bonds is 3. The molecule has 1 N–H and O–H groups in total. The number of nitrogens with zero attached hydrogens (tertiary/aromatic N) is 2. The molecule has 0 spiro atoms. The van der Waals surface area contributed by atoms with Crippen LogP contribution in [0.15, 0.2) is 30.5 Å². The first-order valence-corrected chi connectivity index (χ1v) is 9.41. The van der Waals surface area contributed by atoms with Crippen LogP contribution in [0.2, 0.25) is 0 Å². The molecule has 2 heterocycles. The number of benzene rings is 1. The van der Waals surface area contributed by atoms with Crippen LogP contribution in [-0.4, -0.2) is 47.0 Å². The van der Waals surface area contributed by atoms with E-state index in [9.17, 15) is 0 Å². The summed E-state index contributed by atoms with van der Waals surface area (Å²) in [5.74, 6) is 0. The summed E-state index contributed by atoms with van der Waals surface area (Å²) >= 11 is 0. The standard InChI is InChI=1S/C20H29N3/c1-2-4-8-18(7-3-1)23-13-11-22(12-14-23)16-17-15-21-20-10-6-5-9-19(17)20/h5-6,9-10,15,18,21H,1-4,7-8,11-14,16H2. The molecule has 1 aromatic heterocycles. The molecule has 3 heteroatoms. The number of hydrogen-bond donors (Lipinski definition) is 1. The highest BCUT2D eigenvalue weighted by Crippen LogP contribution is 2.24. The largest absolute Gasteiger partial charge is 0.361 e. The van der Waals surface area contributed by atoms with Crippen LogP contribution in [0.5, 0.6) is 0 Å². The Morgan fingerprint density at radius 1 is 0.913 bits per heavy atom. The Hall–Kier alpha value is -1.32. The van der Waals surface area contributed by atoms with Gasteiger partial charge in [-0.2, -0.15) is 0 Å². The van der Waals surface area contributed by atoms with Crippen LogP contribution in [0, 0.1) is 0 Å². The van der Waals surface area contributed by atoms with Crippen LogP contribution in [0.3, 0.4) is 0 Å². The lowest BCUT2D eigenvalue weighted by Crippen LogP contribution is -2.49. The molecule has 124 valence electrons. The van der Waals surface area contributed by atoms with Gasteiger partial charge in [0.25, 0.3) is 0 Å². The van der Waals surface area contributed by atoms with E-state index in [1.165, 1.54) is 81.2 Å². The van der Waals surface area contributed by atoms with Crippen molar-refractivity contribution < 1.29 is 0 Å². The van der Waals surface area contributed by atoms with Crippen molar-refractivity contribution >= 4 is 10.9 Å². The molecule has 1 aliphatic heterocycles. The van der Waals surface area contributed by atoms with Gasteiger partial charge in [-0.05, 0) is 24.5 Å². The summed E-state index contributed by atoms with van der Waals surface area (Å²) in [6.07, 6.45) is 10.9. The molecule has 23 heavy (non-hydrogen) atoms. The summed E-state index contributed by atoms with van der Waals surface area (Å²) in [5, 5.41) is 1.39. The number of H-pyrrole nitrogens is 1. The maximum absolute atomic E-state index is 3.41. The molecule has 1 aromatic carbocycles. The van der Waals surface area contributed by atoms with Crippen molar-refractivity contribution in [2.75, 3.05) is 26.2 Å². The summed E-state index contributed by atoms with van der Waals surface area (Å²) in [6.45, 7) is 6.04. The highest BCUT2D eigenvalue weighted by Gasteiger charge is 2.24. The SMILES string of the molecule is c1ccc2c(CN3CCN(C4CCCCCC4)CC3)c[nH]c2c1. The molecule has 1 saturated heterocycles. The van der Waals surface area contributed by atoms with Crippen LogP contribution in [-0.2, 0) is 6.54 Å². The number of hydrogen-bond acceptors (Lipinski definition) is 2. The van der Waals surface area contributed by atoms with Gasteiger partial charge in [-0.3, -0.25) is 9.80 Å². The highest BCUT2D eigenvalue weighted by atomic mass is 15.3. The number of para-hydroxylation sites is 1. The third-order valence-electron chi connectivity index (χ3n) is 5.82. The topological polar surface area (TPSA) is 22.3 Å². The van der Waals surface area contributed by atoms with Gasteiger partial charge in [0.15, 0.2) is 0 Å². The molecule has 0 amide bonds. The minimum atomic E-state index is 0.868. The number of nitrogens with one attached hydrogen (secondary N) is 1. The third-order valence-corrected chi connectivity index (χ3v) is 5.82. The van der Waals surface area contributed by atoms with Crippen molar-refractivity contribution in [1.29, 1.82) is 0 Å². The lowest BCUT2D eigenvalue weighted by atomic mass is 10.1. The van der Waals surface area contributed by atoms with Crippen LogP contribution in [0.1, 0.15) is 44.1 Å². The molecular weight excluding hydrogens is 282 g/mol. The minimum Gasteiger partial charge on any atom is -0.361 e. The first-order valence-electron chi connectivity index (χ1n) is 9.41. The van der Waals surface area contributed by atoms with Gasteiger partial charge in [0.2, 0.25) is 0 Å². The molecule has 2 fully saturated rings. The van der Waals surface area contributed by atoms with Crippen LogP contribution >= 0.6 is 0 Å². The summed E-state index contributed by atoms with van der Waals surface area (Å²) < 4.78 is 0. The molecule has 0 bridgehead atoms. The Kier molecular flexibility index (Phi) is 4.67. The molecular formula is C20H29N3. The van der Waals surface area contributed by atoms with Gasteiger partial charge in [0, 0.05) is 55.9 Å². The van der Waals surface area contributed by atoms with Gasteiger partial charge in [0.05, 0.1) is 0 Å². The average molecular weight is 311 g/mol. The van der Waals surface area contributed by atoms with Gasteiger partial charge in [-0.15, -0.1) is 0 Å². The van der Waals surface area contributed by atoms with E-state index in [1.807, 2.05) is 0 Å². The Balaban J connectivity index is 1.34. The van der Waals surface area contributed by atoms with Crippen molar-refractivity contribution in [3.8, 4) is 0 Å². The van der Waals surface area contributed by atoms with Gasteiger partial charge in [-0.1, -0.05) is 43.9 Å². The average Bonchev–Trinajstić information content (AvgIpc) is 2.82. The molecule has 2 aliphatic rings. The fourth-order valence-corrected chi connectivity index (χ4v) is 4.41. The van der Waals surface area contributed by atoms with Crippen molar-refractivity contribution in [1.82, 2.24) is 14.8 Å². The number of fused-ring (bicyclic) bond motifs is 1. The van der Waals surface area contributed by atoms with E-state index in [4.69, 9.17) is 0 Å². The quantitative estimate of drug-likeness (QED) is 0.865. The fourth-order valence-electron chi connectivity index (χ4n) is 4.41. The second-order valence-corrected chi connectivity index (χ2v) is 7.32. The third kappa shape index (κ3) is 3.46. The van der Waals surface area contributed by atoms with E-state index in [0.29, 0.717) is 0 Å². The fraction of sp³-hybridized carbons (Fsp3) is 0.600. The van der Waals surface area contributed by atoms with Crippen molar-refractivity contribution in [2.24, 2.45) is 0 Å². The first kappa shape index (κ1) is 15.2. The molecule has 0 radical (unpaired) electrons. The van der Waals surface area contributed by atoms with E-state index < -0.39 is 0 Å². The summed E-state index contributed by atoms with van der Waals surface area (Å²) in [5.41, 5.74) is 2.71. The van der Waals surface area contributed by atoms with Crippen LogP contribution in [0.25, 0.3) is 10.9 Å². The predicted octanol–water partition coefficient (Wildman–Crippen LogP) is 4.01. The van der Waals surface area contributed by atoms with E-state index in [2.05, 4.69) is 45.2 Å². The Labute approximate surface area is 139 Å². The zero-order valence-electron chi connectivity index (χ0n) is 14.1. The lowest BCUT2D eigenvalue weighted by Gasteiger charge is -2.39. The molecule has 2 aromatic rings. The molecule has 0 atom stereocenters. The zero-order valence-corrected chi connectivity index (χ0v) is 14.1. The van der Waals surface area contributed by atoms with Gasteiger partial charge < -0.3 is 4.98 Å². The number of aromatic amines is 1. The first-order chi connectivity index (χ1) is 11.4. The predicted molar refractivity (Wildman–Crippen MR) is 96.6 cm³/mol. The van der Waals surface area contributed by atoms with Gasteiger partial charge in [-0.25, -0.2) is 0 Å². The normalized spacial score (nSPS) is 22.4.